The van der Waals surface area contributed by atoms with Gasteiger partial charge in [0.15, 0.2) is 5.25 Å². The SMILES string of the molecule is O=C(O)C1SCCNC1=O. The number of carboxylic acids is 1. The Hall–Kier alpha value is -0.710. The van der Waals surface area contributed by atoms with Crippen molar-refractivity contribution < 1.29 is 14.7 Å². The predicted molar refractivity (Wildman–Crippen MR) is 36.9 cm³/mol. The Kier molecular flexibility index (Phi) is 2.16. The van der Waals surface area contributed by atoms with E-state index in [-0.39, 0.29) is 5.91 Å². The Balaban J connectivity index is 2.56. The second-order valence-electron chi connectivity index (χ2n) is 1.88. The first kappa shape index (κ1) is 7.40. The minimum Gasteiger partial charge on any atom is -0.480 e. The molecule has 2 N–H and O–H groups in total. The molecule has 4 nitrogen and oxygen atoms in total. The van der Waals surface area contributed by atoms with Gasteiger partial charge in [0.05, 0.1) is 0 Å². The Bertz CT molecular complexity index is 170. The molecule has 1 amide bonds. The van der Waals surface area contributed by atoms with Crippen molar-refractivity contribution in [1.82, 2.24) is 5.32 Å². The van der Waals surface area contributed by atoms with E-state index in [9.17, 15) is 9.59 Å². The van der Waals surface area contributed by atoms with Crippen LogP contribution in [-0.2, 0) is 9.59 Å². The fraction of sp³-hybridized carbons (Fsp3) is 0.600. The average molecular weight is 161 g/mol. The van der Waals surface area contributed by atoms with Gasteiger partial charge in [-0.15, -0.1) is 11.8 Å². The van der Waals surface area contributed by atoms with Crippen molar-refractivity contribution in [3.05, 3.63) is 0 Å². The molecular formula is C5H7NO3S. The van der Waals surface area contributed by atoms with Crippen LogP contribution in [0.15, 0.2) is 0 Å². The third kappa shape index (κ3) is 1.41. The van der Waals surface area contributed by atoms with Gasteiger partial charge in [0.2, 0.25) is 5.91 Å². The van der Waals surface area contributed by atoms with E-state index in [1.807, 2.05) is 0 Å². The number of carbonyl (C=O) groups is 2. The molecule has 5 heteroatoms. The number of aliphatic carboxylic acids is 1. The predicted octanol–water partition coefficient (Wildman–Crippen LogP) is -0.697. The summed E-state index contributed by atoms with van der Waals surface area (Å²) in [6.07, 6.45) is 0. The lowest BCUT2D eigenvalue weighted by molar-refractivity contribution is -0.140. The quantitative estimate of drug-likeness (QED) is 0.499. The van der Waals surface area contributed by atoms with Crippen LogP contribution in [0.25, 0.3) is 0 Å². The molecule has 0 bridgehead atoms. The smallest absolute Gasteiger partial charge is 0.326 e. The Morgan fingerprint density at radius 2 is 2.50 bits per heavy atom. The molecule has 0 aromatic heterocycles. The molecule has 56 valence electrons. The average Bonchev–Trinajstić information content (AvgIpc) is 1.88. The first-order chi connectivity index (χ1) is 4.72. The van der Waals surface area contributed by atoms with E-state index in [0.717, 1.165) is 0 Å². The van der Waals surface area contributed by atoms with Gasteiger partial charge >= 0.3 is 5.97 Å². The summed E-state index contributed by atoms with van der Waals surface area (Å²) >= 11 is 1.17. The normalized spacial score (nSPS) is 25.6. The molecule has 1 aliphatic rings. The number of thioether (sulfide) groups is 1. The number of hydrogen-bond acceptors (Lipinski definition) is 3. The minimum atomic E-state index is -1.05. The van der Waals surface area contributed by atoms with Crippen LogP contribution in [0.5, 0.6) is 0 Å². The topological polar surface area (TPSA) is 66.4 Å². The maximum Gasteiger partial charge on any atom is 0.326 e. The molecule has 1 atom stereocenters. The maximum absolute atomic E-state index is 10.7. The zero-order valence-corrected chi connectivity index (χ0v) is 5.98. The molecule has 0 aromatic carbocycles. The van der Waals surface area contributed by atoms with Crippen molar-refractivity contribution in [3.8, 4) is 0 Å². The van der Waals surface area contributed by atoms with Crippen molar-refractivity contribution in [2.75, 3.05) is 12.3 Å². The second kappa shape index (κ2) is 2.92. The van der Waals surface area contributed by atoms with Crippen LogP contribution in [-0.4, -0.2) is 34.5 Å². The third-order valence-electron chi connectivity index (χ3n) is 1.15. The van der Waals surface area contributed by atoms with E-state index in [2.05, 4.69) is 5.32 Å². The summed E-state index contributed by atoms with van der Waals surface area (Å²) in [5.74, 6) is -0.756. The first-order valence-electron chi connectivity index (χ1n) is 2.84. The zero-order chi connectivity index (χ0) is 7.56. The van der Waals surface area contributed by atoms with Gasteiger partial charge in [-0.1, -0.05) is 0 Å². The summed E-state index contributed by atoms with van der Waals surface area (Å²) in [4.78, 5) is 21.0. The molecular weight excluding hydrogens is 154 g/mol. The number of carbonyl (C=O) groups excluding carboxylic acids is 1. The summed E-state index contributed by atoms with van der Waals surface area (Å²) in [7, 11) is 0. The molecule has 0 spiro atoms. The standard InChI is InChI=1S/C5H7NO3S/c7-4-3(5(8)9)10-2-1-6-4/h3H,1-2H2,(H,6,7)(H,8,9). The second-order valence-corrected chi connectivity index (χ2v) is 3.09. The van der Waals surface area contributed by atoms with Gasteiger partial charge in [0.1, 0.15) is 0 Å². The van der Waals surface area contributed by atoms with Crippen LogP contribution in [0.4, 0.5) is 0 Å². The van der Waals surface area contributed by atoms with Gasteiger partial charge in [0, 0.05) is 12.3 Å². The Morgan fingerprint density at radius 1 is 1.80 bits per heavy atom. The van der Waals surface area contributed by atoms with Crippen LogP contribution in [0.3, 0.4) is 0 Å². The molecule has 1 saturated heterocycles. The van der Waals surface area contributed by atoms with Crippen LogP contribution in [0, 0.1) is 0 Å². The van der Waals surface area contributed by atoms with Crippen LogP contribution < -0.4 is 5.32 Å². The van der Waals surface area contributed by atoms with Gasteiger partial charge in [-0.25, -0.2) is 0 Å². The van der Waals surface area contributed by atoms with Crippen LogP contribution >= 0.6 is 11.8 Å². The van der Waals surface area contributed by atoms with Gasteiger partial charge in [-0.05, 0) is 0 Å². The largest absolute Gasteiger partial charge is 0.480 e. The van der Waals surface area contributed by atoms with Gasteiger partial charge < -0.3 is 10.4 Å². The molecule has 1 heterocycles. The summed E-state index contributed by atoms with van der Waals surface area (Å²) in [6, 6.07) is 0. The van der Waals surface area contributed by atoms with Crippen LogP contribution in [0.1, 0.15) is 0 Å². The lowest BCUT2D eigenvalue weighted by Gasteiger charge is -2.17. The Morgan fingerprint density at radius 3 is 2.90 bits per heavy atom. The van der Waals surface area contributed by atoms with Gasteiger partial charge in [0.25, 0.3) is 0 Å². The molecule has 1 rings (SSSR count). The lowest BCUT2D eigenvalue weighted by Crippen LogP contribution is -2.43. The Labute approximate surface area is 62.0 Å². The number of hydrogen-bond donors (Lipinski definition) is 2. The zero-order valence-electron chi connectivity index (χ0n) is 5.16. The molecule has 0 radical (unpaired) electrons. The van der Waals surface area contributed by atoms with Gasteiger partial charge in [-0.2, -0.15) is 0 Å². The highest BCUT2D eigenvalue weighted by molar-refractivity contribution is 8.01. The highest BCUT2D eigenvalue weighted by Gasteiger charge is 2.28. The molecule has 10 heavy (non-hydrogen) atoms. The molecule has 0 saturated carbocycles. The number of nitrogens with one attached hydrogen (secondary N) is 1. The van der Waals surface area contributed by atoms with E-state index in [0.29, 0.717) is 12.3 Å². The summed E-state index contributed by atoms with van der Waals surface area (Å²) in [5, 5.41) is 10.0. The summed E-state index contributed by atoms with van der Waals surface area (Å²) in [6.45, 7) is 0.577. The van der Waals surface area contributed by atoms with Crippen LogP contribution in [0.2, 0.25) is 0 Å². The van der Waals surface area contributed by atoms with Crippen molar-refractivity contribution in [1.29, 1.82) is 0 Å². The fourth-order valence-corrected chi connectivity index (χ4v) is 1.54. The molecule has 1 unspecified atom stereocenters. The van der Waals surface area contributed by atoms with Crippen molar-refractivity contribution in [2.45, 2.75) is 5.25 Å². The van der Waals surface area contributed by atoms with E-state index < -0.39 is 11.2 Å². The highest BCUT2D eigenvalue weighted by atomic mass is 32.2. The van der Waals surface area contributed by atoms with Crippen molar-refractivity contribution in [3.63, 3.8) is 0 Å². The molecule has 1 aliphatic heterocycles. The number of carboxylic acid groups (broad SMARTS) is 1. The van der Waals surface area contributed by atoms with E-state index >= 15 is 0 Å². The third-order valence-corrected chi connectivity index (χ3v) is 2.34. The maximum atomic E-state index is 10.7. The molecule has 0 aromatic rings. The molecule has 0 aliphatic carbocycles. The highest BCUT2D eigenvalue weighted by Crippen LogP contribution is 2.13. The summed E-state index contributed by atoms with van der Waals surface area (Å²) in [5.41, 5.74) is 0. The van der Waals surface area contributed by atoms with E-state index in [1.54, 1.807) is 0 Å². The van der Waals surface area contributed by atoms with E-state index in [1.165, 1.54) is 11.8 Å². The monoisotopic (exact) mass is 161 g/mol. The number of amides is 1. The summed E-state index contributed by atoms with van der Waals surface area (Å²) < 4.78 is 0. The lowest BCUT2D eigenvalue weighted by atomic mass is 10.4. The van der Waals surface area contributed by atoms with Crippen molar-refractivity contribution in [2.24, 2.45) is 0 Å². The molecule has 1 fully saturated rings. The number of rotatable bonds is 1. The fourth-order valence-electron chi connectivity index (χ4n) is 0.703. The van der Waals surface area contributed by atoms with Gasteiger partial charge in [-0.3, -0.25) is 9.59 Å². The van der Waals surface area contributed by atoms with E-state index in [4.69, 9.17) is 5.11 Å². The van der Waals surface area contributed by atoms with Crippen molar-refractivity contribution >= 4 is 23.6 Å². The first-order valence-corrected chi connectivity index (χ1v) is 3.89. The minimum absolute atomic E-state index is 0.385.